The van der Waals surface area contributed by atoms with Crippen molar-refractivity contribution in [3.8, 4) is 0 Å². The largest absolute Gasteiger partial charge is 0.470 e. The molecule has 1 aliphatic rings. The molecule has 0 bridgehead atoms. The lowest BCUT2D eigenvalue weighted by Crippen LogP contribution is -2.41. The second-order valence-corrected chi connectivity index (χ2v) is 6.40. The highest BCUT2D eigenvalue weighted by molar-refractivity contribution is 5.78. The van der Waals surface area contributed by atoms with Crippen LogP contribution in [0.4, 0.5) is 17.6 Å². The number of likely N-dealkylation sites (tertiary alicyclic amines) is 1. The first-order chi connectivity index (χ1) is 12.8. The smallest absolute Gasteiger partial charge is 0.417 e. The van der Waals surface area contributed by atoms with Gasteiger partial charge in [-0.1, -0.05) is 12.1 Å². The number of benzene rings is 1. The van der Waals surface area contributed by atoms with Crippen LogP contribution in [0.15, 0.2) is 28.7 Å². The molecule has 0 unspecified atom stereocenters. The Hall–Kier alpha value is -2.49. The van der Waals surface area contributed by atoms with Crippen molar-refractivity contribution in [3.63, 3.8) is 0 Å². The summed E-state index contributed by atoms with van der Waals surface area (Å²) in [5.74, 6) is -2.10. The molecule has 0 saturated carbocycles. The molecular weight excluding hydrogens is 368 g/mol. The molecule has 1 aromatic heterocycles. The molecule has 27 heavy (non-hydrogen) atoms. The van der Waals surface area contributed by atoms with Crippen molar-refractivity contribution in [1.29, 1.82) is 0 Å². The Kier molecular flexibility index (Phi) is 5.73. The Morgan fingerprint density at radius 3 is 2.44 bits per heavy atom. The standard InChI is InChI=1S/C17H18F4N4O2/c18-13-3-1-11(2-4-13)9-22-14(26)10-25-7-5-12(6-8-25)15-23-24-16(27-15)17(19,20)21/h1-4,12H,5-10H2,(H,22,26). The Morgan fingerprint density at radius 1 is 1.19 bits per heavy atom. The summed E-state index contributed by atoms with van der Waals surface area (Å²) < 4.78 is 55.1. The maximum Gasteiger partial charge on any atom is 0.470 e. The number of aromatic nitrogens is 2. The van der Waals surface area contributed by atoms with Gasteiger partial charge in [0.1, 0.15) is 5.82 Å². The van der Waals surface area contributed by atoms with E-state index >= 15 is 0 Å². The van der Waals surface area contributed by atoms with Gasteiger partial charge in [0.15, 0.2) is 0 Å². The van der Waals surface area contributed by atoms with E-state index in [1.54, 1.807) is 12.1 Å². The molecule has 0 radical (unpaired) electrons. The maximum atomic E-state index is 12.8. The third kappa shape index (κ3) is 5.25. The summed E-state index contributed by atoms with van der Waals surface area (Å²) in [5.41, 5.74) is 0.792. The summed E-state index contributed by atoms with van der Waals surface area (Å²) in [6, 6.07) is 5.85. The Labute approximate surface area is 152 Å². The summed E-state index contributed by atoms with van der Waals surface area (Å²) >= 11 is 0. The van der Waals surface area contributed by atoms with Crippen LogP contribution >= 0.6 is 0 Å². The Bertz CT molecular complexity index is 768. The van der Waals surface area contributed by atoms with Crippen molar-refractivity contribution < 1.29 is 26.8 Å². The highest BCUT2D eigenvalue weighted by Gasteiger charge is 2.39. The van der Waals surface area contributed by atoms with E-state index in [0.29, 0.717) is 32.5 Å². The van der Waals surface area contributed by atoms with Gasteiger partial charge in [0.2, 0.25) is 11.8 Å². The van der Waals surface area contributed by atoms with Crippen LogP contribution in [0, 0.1) is 5.82 Å². The fourth-order valence-corrected chi connectivity index (χ4v) is 2.91. The Morgan fingerprint density at radius 2 is 1.85 bits per heavy atom. The van der Waals surface area contributed by atoms with Crippen molar-refractivity contribution >= 4 is 5.91 Å². The Balaban J connectivity index is 1.43. The number of piperidine rings is 1. The van der Waals surface area contributed by atoms with E-state index in [-0.39, 0.29) is 30.1 Å². The van der Waals surface area contributed by atoms with E-state index in [9.17, 15) is 22.4 Å². The van der Waals surface area contributed by atoms with Crippen molar-refractivity contribution in [2.24, 2.45) is 0 Å². The van der Waals surface area contributed by atoms with Crippen LogP contribution in [-0.4, -0.2) is 40.6 Å². The summed E-state index contributed by atoms with van der Waals surface area (Å²) in [4.78, 5) is 13.9. The summed E-state index contributed by atoms with van der Waals surface area (Å²) in [7, 11) is 0. The maximum absolute atomic E-state index is 12.8. The highest BCUT2D eigenvalue weighted by Crippen LogP contribution is 2.32. The molecule has 1 amide bonds. The number of nitrogens with zero attached hydrogens (tertiary/aromatic N) is 3. The zero-order chi connectivity index (χ0) is 19.4. The fraction of sp³-hybridized carbons (Fsp3) is 0.471. The monoisotopic (exact) mass is 386 g/mol. The number of hydrogen-bond donors (Lipinski definition) is 1. The normalized spacial score (nSPS) is 16.4. The lowest BCUT2D eigenvalue weighted by Gasteiger charge is -2.29. The molecule has 1 aliphatic heterocycles. The molecule has 3 rings (SSSR count). The predicted molar refractivity (Wildman–Crippen MR) is 86.0 cm³/mol. The third-order valence-electron chi connectivity index (χ3n) is 4.39. The third-order valence-corrected chi connectivity index (χ3v) is 4.39. The van der Waals surface area contributed by atoms with Gasteiger partial charge in [0.25, 0.3) is 0 Å². The van der Waals surface area contributed by atoms with E-state index in [4.69, 9.17) is 4.42 Å². The minimum Gasteiger partial charge on any atom is -0.417 e. The SMILES string of the molecule is O=C(CN1CCC(c2nnc(C(F)(F)F)o2)CC1)NCc1ccc(F)cc1. The van der Waals surface area contributed by atoms with Gasteiger partial charge in [0, 0.05) is 12.5 Å². The van der Waals surface area contributed by atoms with Crippen molar-refractivity contribution in [3.05, 3.63) is 47.4 Å². The van der Waals surface area contributed by atoms with Crippen molar-refractivity contribution in [1.82, 2.24) is 20.4 Å². The number of nitrogens with one attached hydrogen (secondary N) is 1. The van der Waals surface area contributed by atoms with Gasteiger partial charge in [-0.25, -0.2) is 4.39 Å². The number of hydrogen-bond acceptors (Lipinski definition) is 5. The number of rotatable bonds is 5. The highest BCUT2D eigenvalue weighted by atomic mass is 19.4. The van der Waals surface area contributed by atoms with Gasteiger partial charge < -0.3 is 9.73 Å². The molecule has 0 aliphatic carbocycles. The van der Waals surface area contributed by atoms with Gasteiger partial charge in [-0.05, 0) is 43.6 Å². The molecule has 1 N–H and O–H groups in total. The molecule has 146 valence electrons. The number of carbonyl (C=O) groups is 1. The van der Waals surface area contributed by atoms with Gasteiger partial charge >= 0.3 is 12.1 Å². The zero-order valence-electron chi connectivity index (χ0n) is 14.3. The molecule has 6 nitrogen and oxygen atoms in total. The minimum atomic E-state index is -4.64. The molecule has 0 atom stereocenters. The fourth-order valence-electron chi connectivity index (χ4n) is 2.91. The summed E-state index contributed by atoms with van der Waals surface area (Å²) in [6.07, 6.45) is -3.58. The second kappa shape index (κ2) is 8.03. The average molecular weight is 386 g/mol. The number of halogens is 4. The lowest BCUT2D eigenvalue weighted by atomic mass is 9.97. The van der Waals surface area contributed by atoms with Crippen molar-refractivity contribution in [2.75, 3.05) is 19.6 Å². The quantitative estimate of drug-likeness (QED) is 0.801. The van der Waals surface area contributed by atoms with E-state index in [1.807, 2.05) is 4.90 Å². The molecule has 2 heterocycles. The van der Waals surface area contributed by atoms with E-state index in [2.05, 4.69) is 15.5 Å². The van der Waals surface area contributed by atoms with Crippen LogP contribution in [0.5, 0.6) is 0 Å². The molecule has 2 aromatic rings. The molecule has 0 spiro atoms. The van der Waals surface area contributed by atoms with Crippen LogP contribution in [0.2, 0.25) is 0 Å². The predicted octanol–water partition coefficient (Wildman–Crippen LogP) is 2.72. The number of carbonyl (C=O) groups excluding carboxylic acids is 1. The minimum absolute atomic E-state index is 0.0114. The van der Waals surface area contributed by atoms with Gasteiger partial charge in [0.05, 0.1) is 6.54 Å². The van der Waals surface area contributed by atoms with E-state index in [0.717, 1.165) is 5.56 Å². The van der Waals surface area contributed by atoms with Crippen LogP contribution in [0.1, 0.15) is 36.1 Å². The molecule has 10 heteroatoms. The molecule has 1 aromatic carbocycles. The zero-order valence-corrected chi connectivity index (χ0v) is 14.3. The lowest BCUT2D eigenvalue weighted by molar-refractivity contribution is -0.157. The van der Waals surface area contributed by atoms with Gasteiger partial charge in [-0.15, -0.1) is 10.2 Å². The van der Waals surface area contributed by atoms with Crippen LogP contribution < -0.4 is 5.32 Å². The summed E-state index contributed by atoms with van der Waals surface area (Å²) in [6.45, 7) is 1.57. The second-order valence-electron chi connectivity index (χ2n) is 6.40. The first-order valence-electron chi connectivity index (χ1n) is 8.45. The molecule has 1 fully saturated rings. The first-order valence-corrected chi connectivity index (χ1v) is 8.45. The number of amides is 1. The molecule has 1 saturated heterocycles. The topological polar surface area (TPSA) is 71.3 Å². The van der Waals surface area contributed by atoms with E-state index in [1.165, 1.54) is 12.1 Å². The van der Waals surface area contributed by atoms with Gasteiger partial charge in [-0.3, -0.25) is 9.69 Å². The first kappa shape index (κ1) is 19.3. The average Bonchev–Trinajstić information content (AvgIpc) is 3.12. The van der Waals surface area contributed by atoms with E-state index < -0.39 is 12.1 Å². The number of alkyl halides is 3. The van der Waals surface area contributed by atoms with Gasteiger partial charge in [-0.2, -0.15) is 13.2 Å². The molecular formula is C17H18F4N4O2. The van der Waals surface area contributed by atoms with Crippen LogP contribution in [0.3, 0.4) is 0 Å². The van der Waals surface area contributed by atoms with Crippen LogP contribution in [0.25, 0.3) is 0 Å². The summed E-state index contributed by atoms with van der Waals surface area (Å²) in [5, 5.41) is 9.31. The van der Waals surface area contributed by atoms with Crippen molar-refractivity contribution in [2.45, 2.75) is 31.5 Å². The van der Waals surface area contributed by atoms with Crippen LogP contribution in [-0.2, 0) is 17.5 Å².